The quantitative estimate of drug-likeness (QED) is 0.715. The Morgan fingerprint density at radius 3 is 1.78 bits per heavy atom. The van der Waals surface area contributed by atoms with Crippen molar-refractivity contribution in [3.63, 3.8) is 0 Å². The van der Waals surface area contributed by atoms with Crippen LogP contribution in [0.4, 0.5) is 0 Å². The Hall–Kier alpha value is -0.880. The summed E-state index contributed by atoms with van der Waals surface area (Å²) >= 11 is 0. The first-order valence-corrected chi connectivity index (χ1v) is 9.74. The van der Waals surface area contributed by atoms with Gasteiger partial charge >= 0.3 is 110 Å². The summed E-state index contributed by atoms with van der Waals surface area (Å²) in [6.07, 6.45) is 3.92. The predicted octanol–water partition coefficient (Wildman–Crippen LogP) is 4.39. The van der Waals surface area contributed by atoms with Crippen LogP contribution in [0, 0.1) is 0 Å². The first kappa shape index (κ1) is 15.2. The van der Waals surface area contributed by atoms with Crippen molar-refractivity contribution in [2.75, 3.05) is 24.6 Å². The third kappa shape index (κ3) is 2.75. The predicted molar refractivity (Wildman–Crippen MR) is 80.9 cm³/mol. The standard InChI is InChI=1S/C15H25O2P/c1-5-18(6-2,7-3,8-4)17-15(16)14-12-10-9-11-13-14/h9-13H,5-8H2,1-4H3. The molecule has 0 aliphatic carbocycles. The fourth-order valence-electron chi connectivity index (χ4n) is 2.46. The van der Waals surface area contributed by atoms with Crippen molar-refractivity contribution >= 4 is 12.8 Å². The fourth-order valence-corrected chi connectivity index (χ4v) is 6.24. The van der Waals surface area contributed by atoms with Gasteiger partial charge in [-0.1, -0.05) is 0 Å². The molecule has 0 fully saturated rings. The van der Waals surface area contributed by atoms with Crippen LogP contribution in [0.5, 0.6) is 0 Å². The topological polar surface area (TPSA) is 26.3 Å². The molecule has 2 nitrogen and oxygen atoms in total. The number of rotatable bonds is 6. The van der Waals surface area contributed by atoms with Crippen LogP contribution in [0.15, 0.2) is 30.3 Å². The van der Waals surface area contributed by atoms with Crippen molar-refractivity contribution in [1.29, 1.82) is 0 Å². The van der Waals surface area contributed by atoms with Gasteiger partial charge in [0, 0.05) is 0 Å². The van der Waals surface area contributed by atoms with Gasteiger partial charge in [-0.05, 0) is 0 Å². The maximum absolute atomic E-state index is 12.3. The van der Waals surface area contributed by atoms with Gasteiger partial charge in [-0.3, -0.25) is 0 Å². The summed E-state index contributed by atoms with van der Waals surface area (Å²) in [5.74, 6) is -0.152. The molecule has 0 aliphatic rings. The summed E-state index contributed by atoms with van der Waals surface area (Å²) in [5, 5.41) is 0. The van der Waals surface area contributed by atoms with Gasteiger partial charge in [-0.25, -0.2) is 0 Å². The second kappa shape index (κ2) is 5.84. The molecule has 0 saturated heterocycles. The number of hydrogen-bond donors (Lipinski definition) is 0. The van der Waals surface area contributed by atoms with Crippen molar-refractivity contribution in [1.82, 2.24) is 0 Å². The second-order valence-electron chi connectivity index (χ2n) is 4.87. The average molecular weight is 268 g/mol. The molecule has 0 atom stereocenters. The molecule has 18 heavy (non-hydrogen) atoms. The Labute approximate surface area is 111 Å². The van der Waals surface area contributed by atoms with Crippen molar-refractivity contribution in [2.45, 2.75) is 27.7 Å². The van der Waals surface area contributed by atoms with Gasteiger partial charge in [0.1, 0.15) is 0 Å². The molecule has 0 amide bonds. The Morgan fingerprint density at radius 1 is 0.944 bits per heavy atom. The summed E-state index contributed by atoms with van der Waals surface area (Å²) < 4.78 is 6.10. The molecule has 0 N–H and O–H groups in total. The minimum absolute atomic E-state index is 0.152. The molecule has 0 aliphatic heterocycles. The van der Waals surface area contributed by atoms with E-state index in [9.17, 15) is 4.79 Å². The summed E-state index contributed by atoms with van der Waals surface area (Å²) in [5.41, 5.74) is 0.662. The summed E-state index contributed by atoms with van der Waals surface area (Å²) in [6.45, 7) is 6.32. The van der Waals surface area contributed by atoms with Crippen LogP contribution in [0.2, 0.25) is 0 Å². The van der Waals surface area contributed by atoms with Gasteiger partial charge in [-0.2, -0.15) is 0 Å². The van der Waals surface area contributed by atoms with Gasteiger partial charge in [0.2, 0.25) is 0 Å². The van der Waals surface area contributed by atoms with E-state index in [1.165, 1.54) is 0 Å². The first-order chi connectivity index (χ1) is 8.54. The van der Waals surface area contributed by atoms with E-state index in [2.05, 4.69) is 27.7 Å². The van der Waals surface area contributed by atoms with Crippen molar-refractivity contribution in [3.05, 3.63) is 35.9 Å². The summed E-state index contributed by atoms with van der Waals surface area (Å²) in [7, 11) is 0. The van der Waals surface area contributed by atoms with Crippen molar-refractivity contribution < 1.29 is 9.32 Å². The zero-order chi connectivity index (χ0) is 13.7. The van der Waals surface area contributed by atoms with Gasteiger partial charge in [0.05, 0.1) is 0 Å². The molecule has 0 saturated carbocycles. The Bertz CT molecular complexity index is 373. The maximum atomic E-state index is 12.3. The third-order valence-corrected chi connectivity index (χ3v) is 11.6. The molecule has 0 unspecified atom stereocenters. The third-order valence-electron chi connectivity index (χ3n) is 4.55. The van der Waals surface area contributed by atoms with E-state index < -0.39 is 6.83 Å². The van der Waals surface area contributed by atoms with Gasteiger partial charge in [-0.15, -0.1) is 0 Å². The fraction of sp³-hybridized carbons (Fsp3) is 0.533. The van der Waals surface area contributed by atoms with Crippen LogP contribution in [0.3, 0.4) is 0 Å². The Balaban J connectivity index is 3.02. The first-order valence-electron chi connectivity index (χ1n) is 6.84. The van der Waals surface area contributed by atoms with Gasteiger partial charge in [0.15, 0.2) is 0 Å². The number of carbonyl (C=O) groups is 1. The molecule has 0 heterocycles. The minimum atomic E-state index is -2.31. The van der Waals surface area contributed by atoms with Gasteiger partial charge in [0.25, 0.3) is 0 Å². The second-order valence-corrected chi connectivity index (χ2v) is 11.3. The number of benzene rings is 1. The molecule has 1 aromatic carbocycles. The van der Waals surface area contributed by atoms with E-state index in [1.54, 1.807) is 0 Å². The monoisotopic (exact) mass is 268 g/mol. The molecule has 1 aromatic rings. The molecule has 102 valence electrons. The summed E-state index contributed by atoms with van der Waals surface area (Å²) in [6, 6.07) is 9.31. The van der Waals surface area contributed by atoms with Crippen molar-refractivity contribution in [3.8, 4) is 0 Å². The SMILES string of the molecule is CCP(CC)(CC)(CC)OC(=O)c1ccccc1. The molecule has 0 bridgehead atoms. The van der Waals surface area contributed by atoms with Crippen LogP contribution < -0.4 is 0 Å². The van der Waals surface area contributed by atoms with E-state index in [4.69, 9.17) is 4.52 Å². The van der Waals surface area contributed by atoms with Crippen LogP contribution in [0.25, 0.3) is 0 Å². The van der Waals surface area contributed by atoms with E-state index >= 15 is 0 Å². The molecule has 0 aromatic heterocycles. The van der Waals surface area contributed by atoms with Crippen LogP contribution >= 0.6 is 6.83 Å². The van der Waals surface area contributed by atoms with Crippen molar-refractivity contribution in [2.24, 2.45) is 0 Å². The molecule has 0 spiro atoms. The van der Waals surface area contributed by atoms with E-state index in [-0.39, 0.29) is 5.97 Å². The molecule has 0 radical (unpaired) electrons. The zero-order valence-electron chi connectivity index (χ0n) is 12.0. The molecular formula is C15H25O2P. The van der Waals surface area contributed by atoms with Crippen LogP contribution in [-0.4, -0.2) is 30.6 Å². The van der Waals surface area contributed by atoms with E-state index in [0.29, 0.717) is 5.56 Å². The van der Waals surface area contributed by atoms with E-state index in [1.807, 2.05) is 30.3 Å². The Kier molecular flexibility index (Phi) is 4.92. The van der Waals surface area contributed by atoms with E-state index in [0.717, 1.165) is 24.6 Å². The van der Waals surface area contributed by atoms with Crippen LogP contribution in [0.1, 0.15) is 38.1 Å². The van der Waals surface area contributed by atoms with Gasteiger partial charge < -0.3 is 0 Å². The molecule has 3 heteroatoms. The number of hydrogen-bond acceptors (Lipinski definition) is 2. The molecule has 1 rings (SSSR count). The zero-order valence-corrected chi connectivity index (χ0v) is 12.9. The number of carbonyl (C=O) groups excluding carboxylic acids is 1. The van der Waals surface area contributed by atoms with Crippen LogP contribution in [-0.2, 0) is 4.52 Å². The summed E-state index contributed by atoms with van der Waals surface area (Å²) in [4.78, 5) is 12.3. The normalized spacial score (nSPS) is 13.7. The average Bonchev–Trinajstić information content (AvgIpc) is 2.46. The molecular weight excluding hydrogens is 243 g/mol. The Morgan fingerprint density at radius 2 is 1.39 bits per heavy atom.